The summed E-state index contributed by atoms with van der Waals surface area (Å²) >= 11 is 0. The summed E-state index contributed by atoms with van der Waals surface area (Å²) < 4.78 is 39.9. The van der Waals surface area contributed by atoms with E-state index in [-0.39, 0.29) is 21.5 Å². The molecule has 9 heteroatoms. The van der Waals surface area contributed by atoms with Gasteiger partial charge in [-0.2, -0.15) is 13.2 Å². The minimum absolute atomic E-state index is 0.0690. The highest BCUT2D eigenvalue weighted by Gasteiger charge is 2.34. The SMILES string of the molecule is O=C(Nc1ccccc1)c1c(-c2ccccc2)[n+](=O)c2ccc(C(F)(F)F)cc2n1[O-]. The van der Waals surface area contributed by atoms with Crippen LogP contribution < -0.4 is 9.74 Å². The van der Waals surface area contributed by atoms with Crippen LogP contribution in [0.4, 0.5) is 18.9 Å². The lowest BCUT2D eigenvalue weighted by Crippen LogP contribution is -2.30. The summed E-state index contributed by atoms with van der Waals surface area (Å²) in [5.74, 6) is -0.927. The van der Waals surface area contributed by atoms with Crippen molar-refractivity contribution in [2.75, 3.05) is 5.32 Å². The molecule has 0 aliphatic carbocycles. The minimum Gasteiger partial charge on any atom is -0.805 e. The molecule has 0 spiro atoms. The van der Waals surface area contributed by atoms with E-state index in [1.54, 1.807) is 48.5 Å². The van der Waals surface area contributed by atoms with E-state index < -0.39 is 28.9 Å². The van der Waals surface area contributed by atoms with Gasteiger partial charge < -0.3 is 15.3 Å². The molecule has 3 aromatic carbocycles. The zero-order valence-corrected chi connectivity index (χ0v) is 15.8. The Hall–Kier alpha value is -4.14. The van der Waals surface area contributed by atoms with Crippen LogP contribution in [0.5, 0.6) is 0 Å². The number of aromatic nitrogens is 2. The topological polar surface area (TPSA) is 80.1 Å². The second-order valence-corrected chi connectivity index (χ2v) is 6.67. The highest BCUT2D eigenvalue weighted by atomic mass is 19.4. The van der Waals surface area contributed by atoms with Crippen LogP contribution in [0.3, 0.4) is 0 Å². The predicted molar refractivity (Wildman–Crippen MR) is 109 cm³/mol. The van der Waals surface area contributed by atoms with Crippen molar-refractivity contribution in [1.82, 2.24) is 4.73 Å². The fourth-order valence-electron chi connectivity index (χ4n) is 3.23. The number of anilines is 1. The monoisotopic (exact) mass is 425 g/mol. The van der Waals surface area contributed by atoms with Crippen molar-refractivity contribution in [3.63, 3.8) is 0 Å². The predicted octanol–water partition coefficient (Wildman–Crippen LogP) is 4.84. The van der Waals surface area contributed by atoms with E-state index in [0.29, 0.717) is 16.2 Å². The molecular weight excluding hydrogens is 411 g/mol. The molecule has 4 rings (SSSR count). The van der Waals surface area contributed by atoms with E-state index in [2.05, 4.69) is 5.32 Å². The van der Waals surface area contributed by atoms with Crippen molar-refractivity contribution in [1.29, 1.82) is 0 Å². The Morgan fingerprint density at radius 1 is 0.935 bits per heavy atom. The number of benzene rings is 3. The molecule has 1 amide bonds. The number of rotatable bonds is 3. The zero-order chi connectivity index (χ0) is 22.2. The van der Waals surface area contributed by atoms with E-state index in [4.69, 9.17) is 0 Å². The van der Waals surface area contributed by atoms with Crippen molar-refractivity contribution < 1.29 is 22.4 Å². The number of carbonyl (C=O) groups is 1. The fraction of sp³-hybridized carbons (Fsp3) is 0.0455. The lowest BCUT2D eigenvalue weighted by atomic mass is 10.1. The molecule has 0 saturated heterocycles. The van der Waals surface area contributed by atoms with Crippen LogP contribution in [-0.2, 0) is 6.18 Å². The van der Waals surface area contributed by atoms with Crippen molar-refractivity contribution in [2.45, 2.75) is 6.18 Å². The fourth-order valence-corrected chi connectivity index (χ4v) is 3.23. The molecule has 1 N–H and O–H groups in total. The molecule has 1 aromatic heterocycles. The maximum atomic E-state index is 13.2. The Morgan fingerprint density at radius 3 is 2.16 bits per heavy atom. The van der Waals surface area contributed by atoms with E-state index >= 15 is 0 Å². The number of hydrogen-bond acceptors (Lipinski definition) is 3. The van der Waals surface area contributed by atoms with E-state index in [0.717, 1.165) is 12.1 Å². The molecule has 0 unspecified atom stereocenters. The van der Waals surface area contributed by atoms with Gasteiger partial charge in [-0.05, 0) is 36.4 Å². The number of hydrogen-bond donors (Lipinski definition) is 1. The number of nitrogens with zero attached hydrogens (tertiary/aromatic N) is 2. The number of para-hydroxylation sites is 1. The first kappa shape index (κ1) is 20.1. The van der Waals surface area contributed by atoms with Gasteiger partial charge in [0.2, 0.25) is 0 Å². The number of fused-ring (bicyclic) bond motifs is 1. The second-order valence-electron chi connectivity index (χ2n) is 6.67. The van der Waals surface area contributed by atoms with Gasteiger partial charge in [0.05, 0.1) is 15.6 Å². The van der Waals surface area contributed by atoms with E-state index in [9.17, 15) is 28.1 Å². The quantitative estimate of drug-likeness (QED) is 0.477. The summed E-state index contributed by atoms with van der Waals surface area (Å²) in [5, 5.41) is 15.6. The molecule has 0 saturated carbocycles. The minimum atomic E-state index is -4.72. The Morgan fingerprint density at radius 2 is 1.55 bits per heavy atom. The third kappa shape index (κ3) is 3.73. The van der Waals surface area contributed by atoms with E-state index in [1.165, 1.54) is 12.1 Å². The van der Waals surface area contributed by atoms with Gasteiger partial charge in [0.25, 0.3) is 17.1 Å². The first-order chi connectivity index (χ1) is 14.8. The van der Waals surface area contributed by atoms with Gasteiger partial charge in [0.1, 0.15) is 5.52 Å². The maximum absolute atomic E-state index is 13.2. The Balaban J connectivity index is 2.02. The number of halogens is 3. The second kappa shape index (κ2) is 7.60. The molecule has 0 aliphatic heterocycles. The van der Waals surface area contributed by atoms with Crippen LogP contribution in [0.2, 0.25) is 0 Å². The van der Waals surface area contributed by atoms with Gasteiger partial charge in [-0.1, -0.05) is 36.4 Å². The molecular formula is C22H14F3N3O3. The molecule has 4 aromatic rings. The van der Waals surface area contributed by atoms with Gasteiger partial charge in [0, 0.05) is 16.7 Å². The van der Waals surface area contributed by atoms with Crippen LogP contribution in [-0.4, -0.2) is 10.6 Å². The molecule has 0 atom stereocenters. The Kier molecular flexibility index (Phi) is 4.94. The van der Waals surface area contributed by atoms with Crippen LogP contribution in [0, 0.1) is 10.1 Å². The molecule has 6 nitrogen and oxygen atoms in total. The van der Waals surface area contributed by atoms with Crippen molar-refractivity contribution in [3.8, 4) is 11.3 Å². The molecule has 31 heavy (non-hydrogen) atoms. The Bertz CT molecular complexity index is 1330. The van der Waals surface area contributed by atoms with Crippen LogP contribution in [0.1, 0.15) is 16.1 Å². The number of carbonyl (C=O) groups excluding carboxylic acids is 1. The molecule has 1 heterocycles. The lowest BCUT2D eigenvalue weighted by molar-refractivity contribution is -0.452. The van der Waals surface area contributed by atoms with E-state index in [1.807, 2.05) is 0 Å². The van der Waals surface area contributed by atoms with Crippen molar-refractivity contribution >= 4 is 22.6 Å². The number of alkyl halides is 3. The summed E-state index contributed by atoms with van der Waals surface area (Å²) in [6, 6.07) is 18.3. The highest BCUT2D eigenvalue weighted by molar-refractivity contribution is 6.07. The number of amides is 1. The largest absolute Gasteiger partial charge is 0.805 e. The van der Waals surface area contributed by atoms with Gasteiger partial charge in [0.15, 0.2) is 5.69 Å². The average molecular weight is 425 g/mol. The van der Waals surface area contributed by atoms with Crippen LogP contribution in [0.25, 0.3) is 22.3 Å². The van der Waals surface area contributed by atoms with Crippen LogP contribution in [0.15, 0.2) is 78.9 Å². The third-order valence-electron chi connectivity index (χ3n) is 4.66. The van der Waals surface area contributed by atoms with Gasteiger partial charge >= 0.3 is 6.18 Å². The molecule has 0 aliphatic rings. The van der Waals surface area contributed by atoms with Crippen molar-refractivity contribution in [2.24, 2.45) is 0 Å². The van der Waals surface area contributed by atoms with Gasteiger partial charge in [-0.3, -0.25) is 4.79 Å². The summed E-state index contributed by atoms with van der Waals surface area (Å²) in [4.78, 5) is 26.1. The summed E-state index contributed by atoms with van der Waals surface area (Å²) in [5.41, 5.74) is -2.23. The standard InChI is InChI=1S/C22H14F3N3O3/c23-22(24,25)15-11-12-17-18(13-15)28(31)20(21(29)26-16-9-5-2-6-10-16)19(27(17)30)14-7-3-1-4-8-14/h1-13H,(H,26,29). The normalized spacial score (nSPS) is 11.5. The molecule has 0 bridgehead atoms. The molecule has 156 valence electrons. The molecule has 0 radical (unpaired) electrons. The maximum Gasteiger partial charge on any atom is 0.416 e. The summed E-state index contributed by atoms with van der Waals surface area (Å²) in [6.07, 6.45) is -4.72. The van der Waals surface area contributed by atoms with Crippen molar-refractivity contribution in [3.05, 3.63) is 100 Å². The summed E-state index contributed by atoms with van der Waals surface area (Å²) in [7, 11) is 0. The smallest absolute Gasteiger partial charge is 0.416 e. The average Bonchev–Trinajstić information content (AvgIpc) is 2.76. The van der Waals surface area contributed by atoms with Gasteiger partial charge in [-0.15, -0.1) is 0 Å². The first-order valence-corrected chi connectivity index (χ1v) is 9.09. The molecule has 0 fully saturated rings. The number of nitrogens with one attached hydrogen (secondary N) is 1. The lowest BCUT2D eigenvalue weighted by Gasteiger charge is -2.19. The van der Waals surface area contributed by atoms with Crippen LogP contribution >= 0.6 is 0 Å². The van der Waals surface area contributed by atoms with Gasteiger partial charge in [-0.25, -0.2) is 0 Å². The summed E-state index contributed by atoms with van der Waals surface area (Å²) in [6.45, 7) is 0. The highest BCUT2D eigenvalue weighted by Crippen LogP contribution is 2.32. The third-order valence-corrected chi connectivity index (χ3v) is 4.66. The zero-order valence-electron chi connectivity index (χ0n) is 15.8. The Labute approximate surface area is 173 Å². The first-order valence-electron chi connectivity index (χ1n) is 9.09.